The SMILES string of the molecule is CC(C)c1c(Cc2ccccc2)n(COCCC[Se]c2ccccc2)c(=O)[nH]c1=O. The van der Waals surface area contributed by atoms with E-state index >= 15 is 0 Å². The molecule has 0 unspecified atom stereocenters. The van der Waals surface area contributed by atoms with E-state index < -0.39 is 5.69 Å². The minimum atomic E-state index is -0.413. The molecule has 30 heavy (non-hydrogen) atoms. The topological polar surface area (TPSA) is 64.1 Å². The first kappa shape index (κ1) is 22.3. The third kappa shape index (κ3) is 6.05. The van der Waals surface area contributed by atoms with Crippen molar-refractivity contribution in [2.45, 2.75) is 44.7 Å². The molecule has 0 radical (unpaired) electrons. The molecule has 0 aliphatic heterocycles. The van der Waals surface area contributed by atoms with Gasteiger partial charge in [-0.3, -0.25) is 0 Å². The first-order chi connectivity index (χ1) is 14.6. The molecule has 1 N–H and O–H groups in total. The van der Waals surface area contributed by atoms with Gasteiger partial charge < -0.3 is 0 Å². The Balaban J connectivity index is 1.69. The molecule has 0 bridgehead atoms. The molecule has 0 spiro atoms. The van der Waals surface area contributed by atoms with Crippen LogP contribution in [0, 0.1) is 0 Å². The molecule has 0 aliphatic carbocycles. The van der Waals surface area contributed by atoms with E-state index in [1.165, 1.54) is 4.46 Å². The molecule has 0 aliphatic rings. The molecular weight excluding hydrogens is 443 g/mol. The van der Waals surface area contributed by atoms with Gasteiger partial charge in [-0.2, -0.15) is 0 Å². The Morgan fingerprint density at radius 3 is 2.33 bits per heavy atom. The van der Waals surface area contributed by atoms with Crippen molar-refractivity contribution in [3.05, 3.63) is 98.3 Å². The Hall–Kier alpha value is -2.40. The summed E-state index contributed by atoms with van der Waals surface area (Å²) in [7, 11) is 0. The van der Waals surface area contributed by atoms with Crippen molar-refractivity contribution in [3.63, 3.8) is 0 Å². The number of hydrogen-bond donors (Lipinski definition) is 1. The maximum absolute atomic E-state index is 12.6. The molecule has 1 aromatic heterocycles. The molecule has 0 saturated heterocycles. The summed E-state index contributed by atoms with van der Waals surface area (Å²) < 4.78 is 8.80. The van der Waals surface area contributed by atoms with Crippen molar-refractivity contribution in [1.29, 1.82) is 0 Å². The van der Waals surface area contributed by atoms with E-state index in [0.717, 1.165) is 23.0 Å². The molecule has 3 aromatic rings. The number of hydrogen-bond acceptors (Lipinski definition) is 3. The number of ether oxygens (including phenoxy) is 1. The first-order valence-electron chi connectivity index (χ1n) is 10.2. The summed E-state index contributed by atoms with van der Waals surface area (Å²) in [6, 6.07) is 20.4. The average molecular weight is 471 g/mol. The van der Waals surface area contributed by atoms with Gasteiger partial charge in [-0.15, -0.1) is 0 Å². The van der Waals surface area contributed by atoms with Gasteiger partial charge in [-0.1, -0.05) is 0 Å². The molecule has 2 aromatic carbocycles. The number of H-pyrrole nitrogens is 1. The number of benzene rings is 2. The molecule has 0 fully saturated rings. The number of nitrogens with zero attached hydrogens (tertiary/aromatic N) is 1. The van der Waals surface area contributed by atoms with Crippen LogP contribution in [0.25, 0.3) is 0 Å². The summed E-state index contributed by atoms with van der Waals surface area (Å²) >= 11 is 0.433. The fourth-order valence-electron chi connectivity index (χ4n) is 3.37. The third-order valence-corrected chi connectivity index (χ3v) is 7.11. The Morgan fingerprint density at radius 2 is 1.67 bits per heavy atom. The van der Waals surface area contributed by atoms with Gasteiger partial charge >= 0.3 is 183 Å². The molecule has 1 heterocycles. The summed E-state index contributed by atoms with van der Waals surface area (Å²) in [5.41, 5.74) is 1.73. The zero-order valence-electron chi connectivity index (χ0n) is 17.5. The van der Waals surface area contributed by atoms with E-state index in [9.17, 15) is 9.59 Å². The van der Waals surface area contributed by atoms with Crippen molar-refractivity contribution in [2.24, 2.45) is 0 Å². The van der Waals surface area contributed by atoms with Gasteiger partial charge in [-0.25, -0.2) is 0 Å². The van der Waals surface area contributed by atoms with E-state index in [4.69, 9.17) is 4.74 Å². The van der Waals surface area contributed by atoms with Crippen LogP contribution in [-0.2, 0) is 17.9 Å². The summed E-state index contributed by atoms with van der Waals surface area (Å²) in [5, 5.41) is 1.09. The van der Waals surface area contributed by atoms with Gasteiger partial charge in [0.1, 0.15) is 0 Å². The van der Waals surface area contributed by atoms with Crippen molar-refractivity contribution in [1.82, 2.24) is 9.55 Å². The zero-order valence-corrected chi connectivity index (χ0v) is 19.2. The van der Waals surface area contributed by atoms with Crippen LogP contribution in [0.1, 0.15) is 43.0 Å². The molecular formula is C24H28N2O3Se. The Labute approximate surface area is 183 Å². The normalized spacial score (nSPS) is 11.2. The van der Waals surface area contributed by atoms with Gasteiger partial charge in [0.2, 0.25) is 0 Å². The van der Waals surface area contributed by atoms with Crippen LogP contribution in [0.4, 0.5) is 0 Å². The van der Waals surface area contributed by atoms with Crippen molar-refractivity contribution in [2.75, 3.05) is 6.61 Å². The summed E-state index contributed by atoms with van der Waals surface area (Å²) in [6.45, 7) is 4.68. The predicted octanol–water partition coefficient (Wildman–Crippen LogP) is 3.06. The number of aromatic amines is 1. The quantitative estimate of drug-likeness (QED) is 0.365. The van der Waals surface area contributed by atoms with Gasteiger partial charge in [0.05, 0.1) is 0 Å². The molecule has 158 valence electrons. The second-order valence-electron chi connectivity index (χ2n) is 7.42. The first-order valence-corrected chi connectivity index (χ1v) is 12.3. The second kappa shape index (κ2) is 11.1. The Bertz CT molecular complexity index is 1040. The van der Waals surface area contributed by atoms with E-state index in [2.05, 4.69) is 29.2 Å². The van der Waals surface area contributed by atoms with Crippen LogP contribution in [0.15, 0.2) is 70.3 Å². The van der Waals surface area contributed by atoms with E-state index in [1.54, 1.807) is 4.57 Å². The van der Waals surface area contributed by atoms with Crippen LogP contribution in [0.3, 0.4) is 0 Å². The van der Waals surface area contributed by atoms with E-state index in [1.807, 2.05) is 50.2 Å². The molecule has 0 saturated carbocycles. The van der Waals surface area contributed by atoms with E-state index in [0.29, 0.717) is 33.5 Å². The monoisotopic (exact) mass is 472 g/mol. The van der Waals surface area contributed by atoms with Gasteiger partial charge in [-0.05, 0) is 0 Å². The van der Waals surface area contributed by atoms with Crippen LogP contribution < -0.4 is 15.7 Å². The number of rotatable bonds is 10. The Morgan fingerprint density at radius 1 is 1.00 bits per heavy atom. The molecule has 3 rings (SSSR count). The number of nitrogens with one attached hydrogen (secondary N) is 1. The fourth-order valence-corrected chi connectivity index (χ4v) is 5.14. The van der Waals surface area contributed by atoms with Gasteiger partial charge in [0, 0.05) is 0 Å². The fraction of sp³-hybridized carbons (Fsp3) is 0.333. The van der Waals surface area contributed by atoms with Gasteiger partial charge in [0.15, 0.2) is 0 Å². The third-order valence-electron chi connectivity index (χ3n) is 4.80. The van der Waals surface area contributed by atoms with Crippen LogP contribution in [-0.4, -0.2) is 31.1 Å². The average Bonchev–Trinajstić information content (AvgIpc) is 2.73. The number of aromatic nitrogens is 2. The summed E-state index contributed by atoms with van der Waals surface area (Å²) in [6.07, 6.45) is 1.46. The van der Waals surface area contributed by atoms with Crippen LogP contribution in [0.2, 0.25) is 5.32 Å². The molecule has 0 atom stereocenters. The Kier molecular flexibility index (Phi) is 8.26. The van der Waals surface area contributed by atoms with E-state index in [-0.39, 0.29) is 18.2 Å². The van der Waals surface area contributed by atoms with Crippen LogP contribution >= 0.6 is 0 Å². The van der Waals surface area contributed by atoms with Crippen molar-refractivity contribution in [3.8, 4) is 0 Å². The predicted molar refractivity (Wildman–Crippen MR) is 122 cm³/mol. The second-order valence-corrected chi connectivity index (χ2v) is 9.87. The standard InChI is InChI=1S/C24H28N2O3Se/c1-18(2)22-21(16-19-10-5-3-6-11-19)26(24(28)25-23(22)27)17-29-14-9-15-30-20-12-7-4-8-13-20/h3-8,10-13,18H,9,14-17H2,1-2H3,(H,25,27,28). The summed E-state index contributed by atoms with van der Waals surface area (Å²) in [5.74, 6) is 0.00730. The molecule has 5 nitrogen and oxygen atoms in total. The molecule has 6 heteroatoms. The van der Waals surface area contributed by atoms with Crippen molar-refractivity contribution >= 4 is 19.4 Å². The minimum absolute atomic E-state index is 0.00730. The van der Waals surface area contributed by atoms with Crippen molar-refractivity contribution < 1.29 is 4.74 Å². The zero-order chi connectivity index (χ0) is 21.3. The van der Waals surface area contributed by atoms with Crippen LogP contribution in [0.5, 0.6) is 0 Å². The summed E-state index contributed by atoms with van der Waals surface area (Å²) in [4.78, 5) is 27.5. The van der Waals surface area contributed by atoms with Gasteiger partial charge in [0.25, 0.3) is 0 Å². The molecule has 0 amide bonds. The maximum atomic E-state index is 12.6.